The van der Waals surface area contributed by atoms with Crippen LogP contribution in [0.4, 0.5) is 0 Å². The molecule has 0 amide bonds. The van der Waals surface area contributed by atoms with Crippen molar-refractivity contribution in [3.63, 3.8) is 0 Å². The highest BCUT2D eigenvalue weighted by Gasteiger charge is 2.55. The van der Waals surface area contributed by atoms with Crippen LogP contribution in [0, 0.1) is 23.2 Å². The maximum absolute atomic E-state index is 13.0. The molecule has 0 atom stereocenters. The Balaban J connectivity index is 1.62. The predicted molar refractivity (Wildman–Crippen MR) is 104 cm³/mol. The fraction of sp³-hybridized carbons (Fsp3) is 0.952. The molecule has 4 bridgehead atoms. The summed E-state index contributed by atoms with van der Waals surface area (Å²) < 4.78 is 12.3. The van der Waals surface area contributed by atoms with Crippen molar-refractivity contribution < 1.29 is 14.0 Å². The summed E-state index contributed by atoms with van der Waals surface area (Å²) in [5, 5.41) is 0. The first-order chi connectivity index (χ1) is 11.7. The fourth-order valence-electron chi connectivity index (χ4n) is 7.20. The van der Waals surface area contributed by atoms with Gasteiger partial charge in [-0.3, -0.25) is 4.79 Å². The second-order valence-corrected chi connectivity index (χ2v) is 15.7. The molecule has 4 aliphatic carbocycles. The molecule has 4 saturated carbocycles. The minimum absolute atomic E-state index is 0.0470. The normalized spacial score (nSPS) is 34.4. The number of hydrogen-bond donors (Lipinski definition) is 0. The molecular weight excluding hydrogens is 328 g/mol. The van der Waals surface area contributed by atoms with Crippen LogP contribution in [0.1, 0.15) is 80.1 Å². The van der Waals surface area contributed by atoms with Gasteiger partial charge in [-0.15, -0.1) is 0 Å². The third-order valence-corrected chi connectivity index (χ3v) is 13.7. The molecule has 0 saturated heterocycles. The van der Waals surface area contributed by atoms with Crippen molar-refractivity contribution in [2.45, 2.75) is 96.7 Å². The van der Waals surface area contributed by atoms with E-state index >= 15 is 0 Å². The smallest absolute Gasteiger partial charge is 0.314 e. The summed E-state index contributed by atoms with van der Waals surface area (Å²) in [6.07, 6.45) is 7.27. The molecule has 4 heteroatoms. The summed E-state index contributed by atoms with van der Waals surface area (Å²) in [6.45, 7) is 13.8. The van der Waals surface area contributed by atoms with E-state index in [4.69, 9.17) is 9.16 Å². The van der Waals surface area contributed by atoms with Gasteiger partial charge < -0.3 is 9.16 Å². The highest BCUT2D eigenvalue weighted by atomic mass is 28.4. The molecule has 0 radical (unpaired) electrons. The summed E-state index contributed by atoms with van der Waals surface area (Å²) in [5.74, 6) is 2.37. The molecule has 0 aromatic carbocycles. The zero-order chi connectivity index (χ0) is 18.4. The van der Waals surface area contributed by atoms with Gasteiger partial charge in [0.1, 0.15) is 0 Å². The monoisotopic (exact) mass is 366 g/mol. The number of carbonyl (C=O) groups is 1. The van der Waals surface area contributed by atoms with Crippen molar-refractivity contribution >= 4 is 14.3 Å². The largest absolute Gasteiger partial charge is 0.439 e. The van der Waals surface area contributed by atoms with Gasteiger partial charge in [-0.2, -0.15) is 0 Å². The number of hydrogen-bond acceptors (Lipinski definition) is 3. The molecule has 144 valence electrons. The van der Waals surface area contributed by atoms with E-state index in [0.29, 0.717) is 16.6 Å². The first-order valence-corrected chi connectivity index (χ1v) is 12.6. The van der Waals surface area contributed by atoms with E-state index in [1.807, 2.05) is 0 Å². The van der Waals surface area contributed by atoms with Crippen molar-refractivity contribution in [1.82, 2.24) is 0 Å². The highest BCUT2D eigenvalue weighted by molar-refractivity contribution is 6.77. The molecule has 4 rings (SSSR count). The third-order valence-electron chi connectivity index (χ3n) is 7.68. The second kappa shape index (κ2) is 6.99. The third kappa shape index (κ3) is 3.33. The molecule has 4 fully saturated rings. The molecule has 0 unspecified atom stereocenters. The Bertz CT molecular complexity index is 440. The van der Waals surface area contributed by atoms with Crippen LogP contribution in [-0.4, -0.2) is 21.1 Å². The van der Waals surface area contributed by atoms with Crippen molar-refractivity contribution in [3.8, 4) is 0 Å². The molecule has 0 aromatic rings. The predicted octanol–water partition coefficient (Wildman–Crippen LogP) is 5.90. The van der Waals surface area contributed by atoms with E-state index in [1.54, 1.807) is 0 Å². The quantitative estimate of drug-likeness (QED) is 0.320. The number of esters is 1. The van der Waals surface area contributed by atoms with Crippen molar-refractivity contribution in [2.75, 3.05) is 6.79 Å². The molecule has 3 nitrogen and oxygen atoms in total. The Hall–Kier alpha value is -0.353. The topological polar surface area (TPSA) is 35.5 Å². The van der Waals surface area contributed by atoms with Gasteiger partial charge in [0.2, 0.25) is 8.32 Å². The standard InChI is InChI=1S/C21H38O3Si/c1-14(2)25(15(3)4,16(5)6)24-13-23-20(22)21-10-17-7-18(11-21)9-19(8-17)12-21/h14-19H,7-13H2,1-6H3. The summed E-state index contributed by atoms with van der Waals surface area (Å²) >= 11 is 0. The number of rotatable bonds is 7. The number of carbonyl (C=O) groups excluding carboxylic acids is 1. The summed E-state index contributed by atoms with van der Waals surface area (Å²) in [4.78, 5) is 13.0. The SMILES string of the molecule is CC(C)[Si](OCOC(=O)C12CC3CC(CC(C3)C1)C2)(C(C)C)C(C)C. The van der Waals surface area contributed by atoms with Crippen LogP contribution < -0.4 is 0 Å². The van der Waals surface area contributed by atoms with Gasteiger partial charge >= 0.3 is 5.97 Å². The molecule has 4 aliphatic rings. The van der Waals surface area contributed by atoms with Crippen LogP contribution in [0.25, 0.3) is 0 Å². The molecule has 25 heavy (non-hydrogen) atoms. The van der Waals surface area contributed by atoms with Crippen LogP contribution in [-0.2, 0) is 14.0 Å². The van der Waals surface area contributed by atoms with Gasteiger partial charge in [-0.05, 0) is 72.9 Å². The van der Waals surface area contributed by atoms with E-state index in [9.17, 15) is 4.79 Å². The van der Waals surface area contributed by atoms with Crippen LogP contribution in [0.15, 0.2) is 0 Å². The zero-order valence-electron chi connectivity index (χ0n) is 17.1. The van der Waals surface area contributed by atoms with E-state index in [-0.39, 0.29) is 18.2 Å². The first kappa shape index (κ1) is 19.4. The van der Waals surface area contributed by atoms with Gasteiger partial charge in [0.15, 0.2) is 6.79 Å². The van der Waals surface area contributed by atoms with Gasteiger partial charge in [0.25, 0.3) is 0 Å². The van der Waals surface area contributed by atoms with E-state index in [1.165, 1.54) is 19.3 Å². The lowest BCUT2D eigenvalue weighted by atomic mass is 9.49. The molecule has 0 spiro atoms. The Morgan fingerprint density at radius 3 is 1.64 bits per heavy atom. The Morgan fingerprint density at radius 1 is 0.880 bits per heavy atom. The Morgan fingerprint density at radius 2 is 1.28 bits per heavy atom. The lowest BCUT2D eigenvalue weighted by molar-refractivity contribution is -0.178. The van der Waals surface area contributed by atoms with Crippen molar-refractivity contribution in [2.24, 2.45) is 23.2 Å². The lowest BCUT2D eigenvalue weighted by Crippen LogP contribution is -2.51. The van der Waals surface area contributed by atoms with Crippen molar-refractivity contribution in [1.29, 1.82) is 0 Å². The second-order valence-electron chi connectivity index (χ2n) is 10.2. The molecular formula is C21H38O3Si. The molecule has 0 N–H and O–H groups in total. The molecule has 0 aromatic heterocycles. The minimum Gasteiger partial charge on any atom is -0.439 e. The summed E-state index contributed by atoms with van der Waals surface area (Å²) in [7, 11) is -1.96. The average molecular weight is 367 g/mol. The van der Waals surface area contributed by atoms with Crippen LogP contribution in [0.3, 0.4) is 0 Å². The zero-order valence-corrected chi connectivity index (χ0v) is 18.1. The van der Waals surface area contributed by atoms with Gasteiger partial charge in [-0.1, -0.05) is 41.5 Å². The summed E-state index contributed by atoms with van der Waals surface area (Å²) in [5.41, 5.74) is 1.39. The van der Waals surface area contributed by atoms with E-state index in [0.717, 1.165) is 37.0 Å². The highest BCUT2D eigenvalue weighted by Crippen LogP contribution is 2.60. The Labute approximate surface area is 155 Å². The summed E-state index contributed by atoms with van der Waals surface area (Å²) in [6, 6.07) is 0. The Kier molecular flexibility index (Phi) is 5.43. The maximum atomic E-state index is 13.0. The van der Waals surface area contributed by atoms with Crippen LogP contribution in [0.5, 0.6) is 0 Å². The minimum atomic E-state index is -1.96. The van der Waals surface area contributed by atoms with E-state index in [2.05, 4.69) is 41.5 Å². The van der Waals surface area contributed by atoms with Crippen LogP contribution >= 0.6 is 0 Å². The number of ether oxygens (including phenoxy) is 1. The van der Waals surface area contributed by atoms with Gasteiger partial charge in [0, 0.05) is 0 Å². The average Bonchev–Trinajstić information content (AvgIpc) is 2.48. The maximum Gasteiger partial charge on any atom is 0.314 e. The first-order valence-electron chi connectivity index (χ1n) is 10.5. The fourth-order valence-corrected chi connectivity index (χ4v) is 12.5. The van der Waals surface area contributed by atoms with E-state index < -0.39 is 8.32 Å². The van der Waals surface area contributed by atoms with Gasteiger partial charge in [0.05, 0.1) is 5.41 Å². The van der Waals surface area contributed by atoms with Gasteiger partial charge in [-0.25, -0.2) is 0 Å². The van der Waals surface area contributed by atoms with Crippen LogP contribution in [0.2, 0.25) is 16.6 Å². The molecule has 0 aliphatic heterocycles. The lowest BCUT2D eigenvalue weighted by Gasteiger charge is -2.55. The van der Waals surface area contributed by atoms with Crippen molar-refractivity contribution in [3.05, 3.63) is 0 Å². The molecule has 0 heterocycles.